The number of pyridine rings is 1. The summed E-state index contributed by atoms with van der Waals surface area (Å²) in [7, 11) is 0. The summed E-state index contributed by atoms with van der Waals surface area (Å²) < 4.78 is 7.89. The number of aromatic nitrogens is 3. The molecule has 230 valence electrons. The Kier molecular flexibility index (Phi) is 7.83. The van der Waals surface area contributed by atoms with Gasteiger partial charge in [-0.2, -0.15) is 0 Å². The number of hydrogen-bond donors (Lipinski definition) is 1. The number of aliphatic imine (C=N–C) groups is 1. The summed E-state index contributed by atoms with van der Waals surface area (Å²) >= 11 is 0. The number of carbonyl (C=O) groups is 2. The Balaban J connectivity index is 1.45. The van der Waals surface area contributed by atoms with Crippen LogP contribution in [0, 0.1) is 6.92 Å². The van der Waals surface area contributed by atoms with Gasteiger partial charge in [-0.1, -0.05) is 72.8 Å². The lowest BCUT2D eigenvalue weighted by atomic mass is 10.0. The summed E-state index contributed by atoms with van der Waals surface area (Å²) in [5.41, 5.74) is 3.42. The largest absolute Gasteiger partial charge is 0.459 e. The van der Waals surface area contributed by atoms with Crippen LogP contribution in [0.5, 0.6) is 0 Å². The number of nitrogens with one attached hydrogen (secondary N) is 1. The van der Waals surface area contributed by atoms with E-state index in [1.165, 1.54) is 12.1 Å². The number of ether oxygens (including phenoxy) is 1. The summed E-state index contributed by atoms with van der Waals surface area (Å²) in [5.74, 6) is -1.01. The van der Waals surface area contributed by atoms with Gasteiger partial charge in [0.25, 0.3) is 5.56 Å². The van der Waals surface area contributed by atoms with E-state index in [0.29, 0.717) is 16.9 Å². The lowest BCUT2D eigenvalue weighted by Gasteiger charge is -2.19. The molecule has 1 N–H and O–H groups in total. The number of fused-ring (bicyclic) bond motifs is 2. The average Bonchev–Trinajstić information content (AvgIpc) is 3.31. The molecule has 0 saturated heterocycles. The highest BCUT2D eigenvalue weighted by molar-refractivity contribution is 6.16. The lowest BCUT2D eigenvalue weighted by Crippen LogP contribution is -2.39. The molecule has 3 aromatic heterocycles. The molecule has 0 aliphatic rings. The van der Waals surface area contributed by atoms with Gasteiger partial charge in [-0.25, -0.2) is 14.4 Å². The Hall–Kier alpha value is -5.83. The summed E-state index contributed by atoms with van der Waals surface area (Å²) in [4.78, 5) is 60.4. The molecule has 0 spiro atoms. The maximum Gasteiger partial charge on any atom is 0.329 e. The number of H-pyrrole nitrogens is 1. The van der Waals surface area contributed by atoms with Crippen LogP contribution < -0.4 is 11.2 Å². The number of rotatable bonds is 7. The number of benzene rings is 3. The zero-order valence-corrected chi connectivity index (χ0v) is 25.9. The van der Waals surface area contributed by atoms with Crippen LogP contribution in [0.2, 0.25) is 0 Å². The van der Waals surface area contributed by atoms with Gasteiger partial charge in [-0.3, -0.25) is 14.4 Å². The van der Waals surface area contributed by atoms with Crippen LogP contribution >= 0.6 is 0 Å². The molecular formula is C37H32N4O5. The van der Waals surface area contributed by atoms with E-state index in [1.807, 2.05) is 96.4 Å². The molecule has 0 atom stereocenters. The predicted octanol–water partition coefficient (Wildman–Crippen LogP) is 5.99. The van der Waals surface area contributed by atoms with Gasteiger partial charge in [0.1, 0.15) is 12.1 Å². The van der Waals surface area contributed by atoms with Crippen molar-refractivity contribution in [3.8, 4) is 0 Å². The van der Waals surface area contributed by atoms with Crippen molar-refractivity contribution >= 4 is 39.6 Å². The summed E-state index contributed by atoms with van der Waals surface area (Å²) in [6, 6.07) is 29.9. The summed E-state index contributed by atoms with van der Waals surface area (Å²) in [6.45, 7) is 6.44. The van der Waals surface area contributed by atoms with Crippen LogP contribution in [-0.4, -0.2) is 37.0 Å². The quantitative estimate of drug-likeness (QED) is 0.135. The first-order valence-corrected chi connectivity index (χ1v) is 14.8. The fourth-order valence-corrected chi connectivity index (χ4v) is 5.52. The zero-order valence-electron chi connectivity index (χ0n) is 25.9. The third-order valence-electron chi connectivity index (χ3n) is 7.54. The fourth-order valence-electron chi connectivity index (χ4n) is 5.52. The number of esters is 1. The molecule has 6 aromatic rings. The molecule has 0 radical (unpaired) electrons. The van der Waals surface area contributed by atoms with Crippen molar-refractivity contribution in [3.63, 3.8) is 0 Å². The van der Waals surface area contributed by atoms with Crippen molar-refractivity contribution < 1.29 is 14.3 Å². The Morgan fingerprint density at radius 2 is 1.46 bits per heavy atom. The van der Waals surface area contributed by atoms with E-state index in [4.69, 9.17) is 9.73 Å². The Labute approximate surface area is 264 Å². The third-order valence-corrected chi connectivity index (χ3v) is 7.54. The van der Waals surface area contributed by atoms with Gasteiger partial charge in [0.05, 0.1) is 33.5 Å². The van der Waals surface area contributed by atoms with Gasteiger partial charge < -0.3 is 14.1 Å². The van der Waals surface area contributed by atoms with Gasteiger partial charge in [0.2, 0.25) is 5.78 Å². The Morgan fingerprint density at radius 1 is 0.826 bits per heavy atom. The average molecular weight is 613 g/mol. The molecule has 0 fully saturated rings. The molecule has 0 saturated carbocycles. The van der Waals surface area contributed by atoms with Crippen molar-refractivity contribution in [3.05, 3.63) is 152 Å². The summed E-state index contributed by atoms with van der Waals surface area (Å²) in [6.07, 6.45) is 1.82. The Bertz CT molecular complexity index is 2230. The SMILES string of the molecule is Cc1c(N=C(c2ccccc2)c2ccccc2)c2ccccn2c1C(=O)c1ccc2c(=O)n(CC(=O)OC(C)(C)C)c(=O)[nH]c2c1. The molecule has 3 heterocycles. The molecule has 0 unspecified atom stereocenters. The molecule has 0 aliphatic heterocycles. The molecule has 0 amide bonds. The normalized spacial score (nSPS) is 11.5. The van der Waals surface area contributed by atoms with Crippen molar-refractivity contribution in [1.82, 2.24) is 14.0 Å². The lowest BCUT2D eigenvalue weighted by molar-refractivity contribution is -0.155. The number of nitrogens with zero attached hydrogens (tertiary/aromatic N) is 3. The third kappa shape index (κ3) is 5.82. The molecule has 0 bridgehead atoms. The first kappa shape index (κ1) is 30.2. The first-order chi connectivity index (χ1) is 22.0. The van der Waals surface area contributed by atoms with Crippen LogP contribution in [0.15, 0.2) is 118 Å². The standard InChI is InChI=1S/C37H32N4O5/c1-23-31(39-32(24-13-7-5-8-14-24)25-15-9-6-10-16-25)29-17-11-12-20-40(29)33(23)34(43)26-18-19-27-28(21-26)38-36(45)41(35(27)44)22-30(42)46-37(2,3)4/h5-21H,22H2,1-4H3,(H,38,45). The maximum atomic E-state index is 14.2. The highest BCUT2D eigenvalue weighted by Crippen LogP contribution is 2.34. The van der Waals surface area contributed by atoms with Gasteiger partial charge in [0.15, 0.2) is 0 Å². The molecule has 46 heavy (non-hydrogen) atoms. The zero-order chi connectivity index (χ0) is 32.6. The number of ketones is 1. The molecule has 6 rings (SSSR count). The topological polar surface area (TPSA) is 115 Å². The van der Waals surface area contributed by atoms with Crippen molar-refractivity contribution in [2.24, 2.45) is 4.99 Å². The van der Waals surface area contributed by atoms with E-state index in [0.717, 1.165) is 26.9 Å². The van der Waals surface area contributed by atoms with E-state index in [-0.39, 0.29) is 22.2 Å². The van der Waals surface area contributed by atoms with Crippen LogP contribution in [0.4, 0.5) is 5.69 Å². The molecule has 9 nitrogen and oxygen atoms in total. The fraction of sp³-hybridized carbons (Fsp3) is 0.162. The van der Waals surface area contributed by atoms with Crippen molar-refractivity contribution in [2.75, 3.05) is 0 Å². The van der Waals surface area contributed by atoms with E-state index in [9.17, 15) is 19.2 Å². The minimum Gasteiger partial charge on any atom is -0.459 e. The van der Waals surface area contributed by atoms with Gasteiger partial charge in [-0.05, 0) is 52.0 Å². The van der Waals surface area contributed by atoms with E-state index >= 15 is 0 Å². The molecule has 3 aromatic carbocycles. The van der Waals surface area contributed by atoms with Gasteiger partial charge in [-0.15, -0.1) is 0 Å². The van der Waals surface area contributed by atoms with Crippen LogP contribution in [0.25, 0.3) is 16.4 Å². The predicted molar refractivity (Wildman–Crippen MR) is 178 cm³/mol. The second-order valence-electron chi connectivity index (χ2n) is 12.0. The van der Waals surface area contributed by atoms with Crippen molar-refractivity contribution in [1.29, 1.82) is 0 Å². The van der Waals surface area contributed by atoms with Gasteiger partial charge in [0, 0.05) is 28.5 Å². The first-order valence-electron chi connectivity index (χ1n) is 14.8. The monoisotopic (exact) mass is 612 g/mol. The van der Waals surface area contributed by atoms with Crippen molar-refractivity contribution in [2.45, 2.75) is 39.8 Å². The van der Waals surface area contributed by atoms with Gasteiger partial charge >= 0.3 is 11.7 Å². The number of hydrogen-bond acceptors (Lipinski definition) is 6. The molecular weight excluding hydrogens is 580 g/mol. The highest BCUT2D eigenvalue weighted by atomic mass is 16.6. The maximum absolute atomic E-state index is 14.2. The minimum atomic E-state index is -0.775. The van der Waals surface area contributed by atoms with E-state index in [1.54, 1.807) is 26.8 Å². The minimum absolute atomic E-state index is 0.164. The Morgan fingerprint density at radius 3 is 2.09 bits per heavy atom. The number of aromatic amines is 1. The highest BCUT2D eigenvalue weighted by Gasteiger charge is 2.24. The van der Waals surface area contributed by atoms with Crippen LogP contribution in [0.3, 0.4) is 0 Å². The van der Waals surface area contributed by atoms with Crippen LogP contribution in [0.1, 0.15) is 53.5 Å². The van der Waals surface area contributed by atoms with E-state index < -0.39 is 29.4 Å². The smallest absolute Gasteiger partial charge is 0.329 e. The number of carbonyl (C=O) groups excluding carboxylic acids is 2. The summed E-state index contributed by atoms with van der Waals surface area (Å²) in [5, 5.41) is 0.164. The second kappa shape index (κ2) is 11.9. The molecule has 9 heteroatoms. The second-order valence-corrected chi connectivity index (χ2v) is 12.0. The molecule has 0 aliphatic carbocycles. The van der Waals surface area contributed by atoms with Crippen LogP contribution in [-0.2, 0) is 16.1 Å². The van der Waals surface area contributed by atoms with E-state index in [2.05, 4.69) is 4.98 Å².